The number of nitrogens with one attached hydrogen (secondary N) is 4. The summed E-state index contributed by atoms with van der Waals surface area (Å²) in [6, 6.07) is 2.31. The van der Waals surface area contributed by atoms with E-state index in [9.17, 15) is 14.4 Å². The number of hydrogen-bond donors (Lipinski definition) is 7. The summed E-state index contributed by atoms with van der Waals surface area (Å²) >= 11 is 0. The Hall–Kier alpha value is -2.43. The second-order valence-corrected chi connectivity index (χ2v) is 5.96. The molecule has 1 unspecified atom stereocenters. The van der Waals surface area contributed by atoms with Crippen molar-refractivity contribution in [3.8, 4) is 0 Å². The zero-order valence-electron chi connectivity index (χ0n) is 13.8. The highest BCUT2D eigenvalue weighted by Crippen LogP contribution is 2.04. The molecule has 0 aliphatic rings. The number of carbonyl (C=O) groups excluding carboxylic acids is 3. The van der Waals surface area contributed by atoms with Crippen LogP contribution in [0.15, 0.2) is 18.3 Å². The van der Waals surface area contributed by atoms with Crippen LogP contribution < -0.4 is 33.2 Å². The molecule has 10 N–H and O–H groups in total. The van der Waals surface area contributed by atoms with Gasteiger partial charge in [-0.15, -0.1) is 0 Å². The quantitative estimate of drug-likeness (QED) is 0.248. The van der Waals surface area contributed by atoms with Gasteiger partial charge < -0.3 is 27.1 Å². The zero-order valence-corrected chi connectivity index (χ0v) is 13.8. The molecule has 10 nitrogen and oxygen atoms in total. The van der Waals surface area contributed by atoms with Crippen LogP contribution in [0.1, 0.15) is 30.8 Å². The Morgan fingerprint density at radius 2 is 1.96 bits per heavy atom. The molecule has 2 atom stereocenters. The van der Waals surface area contributed by atoms with Gasteiger partial charge in [0.05, 0.1) is 0 Å². The average molecular weight is 339 g/mol. The van der Waals surface area contributed by atoms with Crippen molar-refractivity contribution in [2.45, 2.75) is 38.1 Å². The molecule has 24 heavy (non-hydrogen) atoms. The third-order valence-corrected chi connectivity index (χ3v) is 3.18. The number of aromatic amines is 1. The molecule has 0 saturated carbocycles. The molecule has 1 heterocycles. The van der Waals surface area contributed by atoms with Crippen LogP contribution in [-0.2, 0) is 9.59 Å². The van der Waals surface area contributed by atoms with E-state index in [1.165, 1.54) is 0 Å². The largest absolute Gasteiger partial charge is 0.368 e. The lowest BCUT2D eigenvalue weighted by molar-refractivity contribution is -0.128. The number of primary amides is 1. The second-order valence-electron chi connectivity index (χ2n) is 5.96. The topological polar surface area (TPSA) is 181 Å². The summed E-state index contributed by atoms with van der Waals surface area (Å²) in [4.78, 5) is 37.7. The van der Waals surface area contributed by atoms with Crippen LogP contribution in [0.3, 0.4) is 0 Å². The van der Waals surface area contributed by atoms with Gasteiger partial charge in [-0.3, -0.25) is 25.4 Å². The maximum atomic E-state index is 11.8. The number of carbonyl (C=O) groups is 3. The lowest BCUT2D eigenvalue weighted by Gasteiger charge is -2.28. The minimum Gasteiger partial charge on any atom is -0.368 e. The van der Waals surface area contributed by atoms with Crippen molar-refractivity contribution in [1.82, 2.24) is 20.9 Å². The SMILES string of the molecule is CC(C)(N)[C@@H](NC(=O)CCNC(N)NC(=O)c1ccc[nH]1)C(N)=O. The fourth-order valence-corrected chi connectivity index (χ4v) is 1.94. The van der Waals surface area contributed by atoms with Crippen LogP contribution in [0.2, 0.25) is 0 Å². The van der Waals surface area contributed by atoms with Crippen LogP contribution in [0.4, 0.5) is 0 Å². The lowest BCUT2D eigenvalue weighted by atomic mass is 9.95. The molecule has 3 amide bonds. The van der Waals surface area contributed by atoms with Gasteiger partial charge in [0.15, 0.2) is 0 Å². The van der Waals surface area contributed by atoms with Crippen LogP contribution in [0.25, 0.3) is 0 Å². The predicted octanol–water partition coefficient (Wildman–Crippen LogP) is -2.33. The molecular weight excluding hydrogens is 314 g/mol. The summed E-state index contributed by atoms with van der Waals surface area (Å²) in [5.41, 5.74) is 16.1. The van der Waals surface area contributed by atoms with Crippen LogP contribution in [0.5, 0.6) is 0 Å². The summed E-state index contributed by atoms with van der Waals surface area (Å²) < 4.78 is 0. The van der Waals surface area contributed by atoms with Gasteiger partial charge in [-0.25, -0.2) is 0 Å². The average Bonchev–Trinajstić information content (AvgIpc) is 2.97. The van der Waals surface area contributed by atoms with E-state index in [4.69, 9.17) is 17.2 Å². The van der Waals surface area contributed by atoms with Crippen molar-refractivity contribution < 1.29 is 14.4 Å². The summed E-state index contributed by atoms with van der Waals surface area (Å²) in [5, 5.41) is 7.76. The smallest absolute Gasteiger partial charge is 0.269 e. The standard InChI is InChI=1S/C14H25N7O3/c1-14(2,17)10(11(15)23)20-9(22)5-7-19-13(16)21-12(24)8-4-3-6-18-8/h3-4,6,10,13,18-19H,5,7,16-17H2,1-2H3,(H2,15,23)(H,20,22)(H,21,24)/t10-,13?/m0/s1. The van der Waals surface area contributed by atoms with Gasteiger partial charge in [0.2, 0.25) is 11.8 Å². The van der Waals surface area contributed by atoms with E-state index in [2.05, 4.69) is 20.9 Å². The molecule has 0 aliphatic heterocycles. The Kier molecular flexibility index (Phi) is 6.89. The zero-order chi connectivity index (χ0) is 18.3. The first-order valence-corrected chi connectivity index (χ1v) is 7.42. The van der Waals surface area contributed by atoms with Gasteiger partial charge in [-0.2, -0.15) is 0 Å². The lowest BCUT2D eigenvalue weighted by Crippen LogP contribution is -2.61. The van der Waals surface area contributed by atoms with E-state index in [1.54, 1.807) is 32.2 Å². The molecule has 0 bridgehead atoms. The van der Waals surface area contributed by atoms with Crippen molar-refractivity contribution in [3.63, 3.8) is 0 Å². The fourth-order valence-electron chi connectivity index (χ4n) is 1.94. The van der Waals surface area contributed by atoms with Gasteiger partial charge in [0.1, 0.15) is 18.0 Å². The van der Waals surface area contributed by atoms with Crippen LogP contribution in [0, 0.1) is 0 Å². The molecule has 0 aliphatic carbocycles. The summed E-state index contributed by atoms with van der Waals surface area (Å²) in [6.07, 6.45) is 0.824. The first-order valence-electron chi connectivity index (χ1n) is 7.42. The normalized spacial score (nSPS) is 13.8. The van der Waals surface area contributed by atoms with Gasteiger partial charge in [0.25, 0.3) is 5.91 Å². The van der Waals surface area contributed by atoms with E-state index in [-0.39, 0.29) is 18.9 Å². The molecule has 0 spiro atoms. The highest BCUT2D eigenvalue weighted by Gasteiger charge is 2.31. The molecule has 0 radical (unpaired) electrons. The van der Waals surface area contributed by atoms with Crippen molar-refractivity contribution in [2.75, 3.05) is 6.54 Å². The van der Waals surface area contributed by atoms with Crippen LogP contribution >= 0.6 is 0 Å². The fraction of sp³-hybridized carbons (Fsp3) is 0.500. The number of hydrogen-bond acceptors (Lipinski definition) is 6. The molecule has 10 heteroatoms. The minimum atomic E-state index is -0.980. The first-order chi connectivity index (χ1) is 11.1. The number of amides is 3. The molecule has 1 aromatic heterocycles. The summed E-state index contributed by atoms with van der Waals surface area (Å²) in [6.45, 7) is 3.37. The monoisotopic (exact) mass is 339 g/mol. The minimum absolute atomic E-state index is 0.0337. The third-order valence-electron chi connectivity index (χ3n) is 3.18. The van der Waals surface area contributed by atoms with E-state index >= 15 is 0 Å². The van der Waals surface area contributed by atoms with Gasteiger partial charge in [-0.1, -0.05) is 0 Å². The molecule has 134 valence electrons. The number of rotatable bonds is 9. The van der Waals surface area contributed by atoms with E-state index < -0.39 is 29.7 Å². The predicted molar refractivity (Wildman–Crippen MR) is 88.2 cm³/mol. The van der Waals surface area contributed by atoms with E-state index in [1.807, 2.05) is 0 Å². The Morgan fingerprint density at radius 1 is 1.29 bits per heavy atom. The summed E-state index contributed by atoms with van der Waals surface area (Å²) in [5.74, 6) is -1.49. The van der Waals surface area contributed by atoms with Gasteiger partial charge >= 0.3 is 0 Å². The van der Waals surface area contributed by atoms with Crippen molar-refractivity contribution in [3.05, 3.63) is 24.0 Å². The van der Waals surface area contributed by atoms with Crippen molar-refractivity contribution >= 4 is 17.7 Å². The molecule has 0 saturated heterocycles. The van der Waals surface area contributed by atoms with E-state index in [0.717, 1.165) is 0 Å². The maximum absolute atomic E-state index is 11.8. The number of aromatic nitrogens is 1. The molecular formula is C14H25N7O3. The highest BCUT2D eigenvalue weighted by molar-refractivity contribution is 5.92. The molecule has 0 fully saturated rings. The highest BCUT2D eigenvalue weighted by atomic mass is 16.2. The Bertz CT molecular complexity index is 565. The van der Waals surface area contributed by atoms with Crippen molar-refractivity contribution in [2.24, 2.45) is 17.2 Å². The molecule has 1 rings (SSSR count). The second kappa shape index (κ2) is 8.43. The van der Waals surface area contributed by atoms with Crippen molar-refractivity contribution in [1.29, 1.82) is 0 Å². The first kappa shape index (κ1) is 19.6. The Morgan fingerprint density at radius 3 is 2.46 bits per heavy atom. The van der Waals surface area contributed by atoms with Gasteiger partial charge in [0, 0.05) is 24.7 Å². The molecule has 0 aromatic carbocycles. The number of H-pyrrole nitrogens is 1. The maximum Gasteiger partial charge on any atom is 0.269 e. The molecule has 1 aromatic rings. The number of nitrogens with two attached hydrogens (primary N) is 3. The summed E-state index contributed by atoms with van der Waals surface area (Å²) in [7, 11) is 0. The Labute approximate surface area is 139 Å². The third kappa shape index (κ3) is 6.36. The van der Waals surface area contributed by atoms with Crippen LogP contribution in [-0.4, -0.2) is 47.1 Å². The van der Waals surface area contributed by atoms with E-state index in [0.29, 0.717) is 5.69 Å². The Balaban J connectivity index is 2.34. The van der Waals surface area contributed by atoms with Gasteiger partial charge in [-0.05, 0) is 26.0 Å².